The number of hydrogen-bond donors (Lipinski definition) is 1. The third-order valence-corrected chi connectivity index (χ3v) is 6.26. The number of hydrogen-bond acceptors (Lipinski definition) is 1. The molecule has 0 bridgehead atoms. The quantitative estimate of drug-likeness (QED) is 0.343. The largest absolute Gasteiger partial charge is 0.243 e. The molecule has 3 aromatic carbocycles. The zero-order valence-corrected chi connectivity index (χ0v) is 17.3. The van der Waals surface area contributed by atoms with Crippen LogP contribution in [-0.2, 0) is 16.5 Å². The maximum absolute atomic E-state index is 13.1. The minimum atomic E-state index is -1.14. The van der Waals surface area contributed by atoms with E-state index in [0.29, 0.717) is 5.75 Å². The summed E-state index contributed by atoms with van der Waals surface area (Å²) in [5, 5.41) is 0. The SMILES string of the molecule is CCCCCCS(=O)NC(c1ccccc1)(c1ccccc1)c1ccccc1. The lowest BCUT2D eigenvalue weighted by Gasteiger charge is -2.36. The van der Waals surface area contributed by atoms with Crippen LogP contribution in [0.25, 0.3) is 0 Å². The van der Waals surface area contributed by atoms with Crippen LogP contribution in [0.4, 0.5) is 0 Å². The van der Waals surface area contributed by atoms with E-state index in [-0.39, 0.29) is 0 Å². The van der Waals surface area contributed by atoms with E-state index in [9.17, 15) is 4.21 Å². The molecule has 1 atom stereocenters. The fourth-order valence-electron chi connectivity index (χ4n) is 3.62. The van der Waals surface area contributed by atoms with Gasteiger partial charge in [-0.15, -0.1) is 0 Å². The summed E-state index contributed by atoms with van der Waals surface area (Å²) in [4.78, 5) is 0. The summed E-state index contributed by atoms with van der Waals surface area (Å²) in [6.45, 7) is 2.19. The first-order valence-electron chi connectivity index (χ1n) is 10.1. The first-order valence-corrected chi connectivity index (χ1v) is 11.4. The molecular weight excluding hydrogens is 362 g/mol. The molecule has 3 rings (SSSR count). The third kappa shape index (κ3) is 4.78. The first kappa shape index (κ1) is 20.5. The Bertz CT molecular complexity index is 753. The molecule has 0 saturated carbocycles. The number of nitrogens with one attached hydrogen (secondary N) is 1. The minimum Gasteiger partial charge on any atom is -0.243 e. The molecular formula is C25H29NOS. The Morgan fingerprint density at radius 3 is 1.50 bits per heavy atom. The lowest BCUT2D eigenvalue weighted by Crippen LogP contribution is -2.46. The molecule has 1 N–H and O–H groups in total. The van der Waals surface area contributed by atoms with Gasteiger partial charge in [0.2, 0.25) is 0 Å². The molecule has 2 nitrogen and oxygen atoms in total. The van der Waals surface area contributed by atoms with Crippen LogP contribution in [0.5, 0.6) is 0 Å². The van der Waals surface area contributed by atoms with Crippen molar-refractivity contribution in [1.29, 1.82) is 0 Å². The van der Waals surface area contributed by atoms with Crippen molar-refractivity contribution in [2.45, 2.75) is 38.1 Å². The van der Waals surface area contributed by atoms with Crippen LogP contribution in [0.1, 0.15) is 49.3 Å². The highest BCUT2D eigenvalue weighted by molar-refractivity contribution is 7.83. The van der Waals surface area contributed by atoms with Crippen LogP contribution in [-0.4, -0.2) is 9.96 Å². The average molecular weight is 392 g/mol. The van der Waals surface area contributed by atoms with E-state index in [1.807, 2.05) is 54.6 Å². The molecule has 0 aliphatic heterocycles. The van der Waals surface area contributed by atoms with Gasteiger partial charge in [-0.05, 0) is 23.1 Å². The van der Waals surface area contributed by atoms with Gasteiger partial charge in [-0.2, -0.15) is 0 Å². The van der Waals surface area contributed by atoms with Crippen molar-refractivity contribution >= 4 is 11.0 Å². The third-order valence-electron chi connectivity index (χ3n) is 5.07. The fourth-order valence-corrected chi connectivity index (χ4v) is 4.89. The zero-order valence-electron chi connectivity index (χ0n) is 16.5. The lowest BCUT2D eigenvalue weighted by molar-refractivity contribution is 0.572. The summed E-state index contributed by atoms with van der Waals surface area (Å²) in [6.07, 6.45) is 4.47. The first-order chi connectivity index (χ1) is 13.8. The second-order valence-electron chi connectivity index (χ2n) is 7.06. The molecule has 0 spiro atoms. The summed E-state index contributed by atoms with van der Waals surface area (Å²) in [7, 11) is -1.14. The summed E-state index contributed by atoms with van der Waals surface area (Å²) >= 11 is 0. The Labute approximate surface area is 171 Å². The number of unbranched alkanes of at least 4 members (excludes halogenated alkanes) is 3. The van der Waals surface area contributed by atoms with Crippen molar-refractivity contribution in [2.24, 2.45) is 0 Å². The van der Waals surface area contributed by atoms with Crippen LogP contribution >= 0.6 is 0 Å². The summed E-state index contributed by atoms with van der Waals surface area (Å²) < 4.78 is 16.7. The van der Waals surface area contributed by atoms with Crippen molar-refractivity contribution in [3.05, 3.63) is 108 Å². The normalized spacial score (nSPS) is 12.6. The van der Waals surface area contributed by atoms with Gasteiger partial charge in [0.05, 0.1) is 11.0 Å². The summed E-state index contributed by atoms with van der Waals surface area (Å²) in [5.74, 6) is 0.661. The van der Waals surface area contributed by atoms with E-state index in [1.54, 1.807) is 0 Å². The summed E-state index contributed by atoms with van der Waals surface area (Å²) in [6, 6.07) is 31.0. The van der Waals surface area contributed by atoms with Crippen molar-refractivity contribution in [3.63, 3.8) is 0 Å². The van der Waals surface area contributed by atoms with Gasteiger partial charge in [-0.25, -0.2) is 8.93 Å². The minimum absolute atomic E-state index is 0.653. The van der Waals surface area contributed by atoms with Crippen molar-refractivity contribution in [3.8, 4) is 0 Å². The smallest absolute Gasteiger partial charge is 0.106 e. The van der Waals surface area contributed by atoms with E-state index in [2.05, 4.69) is 48.0 Å². The van der Waals surface area contributed by atoms with Gasteiger partial charge in [0.1, 0.15) is 5.54 Å². The van der Waals surface area contributed by atoms with Gasteiger partial charge in [-0.1, -0.05) is 117 Å². The van der Waals surface area contributed by atoms with E-state index in [4.69, 9.17) is 0 Å². The Hall–Kier alpha value is -2.23. The van der Waals surface area contributed by atoms with Gasteiger partial charge in [0.15, 0.2) is 0 Å². The van der Waals surface area contributed by atoms with Gasteiger partial charge in [0, 0.05) is 5.75 Å². The molecule has 28 heavy (non-hydrogen) atoms. The predicted molar refractivity (Wildman–Crippen MR) is 119 cm³/mol. The van der Waals surface area contributed by atoms with Gasteiger partial charge in [-0.3, -0.25) is 0 Å². The lowest BCUT2D eigenvalue weighted by atomic mass is 9.78. The second-order valence-corrected chi connectivity index (χ2v) is 8.36. The monoisotopic (exact) mass is 391 g/mol. The van der Waals surface area contributed by atoms with Crippen molar-refractivity contribution in [1.82, 2.24) is 4.72 Å². The van der Waals surface area contributed by atoms with Crippen molar-refractivity contribution < 1.29 is 4.21 Å². The molecule has 0 aliphatic rings. The van der Waals surface area contributed by atoms with Crippen LogP contribution in [0, 0.1) is 0 Å². The molecule has 0 aliphatic carbocycles. The van der Waals surface area contributed by atoms with Crippen molar-refractivity contribution in [2.75, 3.05) is 5.75 Å². The van der Waals surface area contributed by atoms with Crippen LogP contribution in [0.2, 0.25) is 0 Å². The average Bonchev–Trinajstić information content (AvgIpc) is 2.77. The predicted octanol–water partition coefficient (Wildman–Crippen LogP) is 5.81. The van der Waals surface area contributed by atoms with Crippen LogP contribution in [0.3, 0.4) is 0 Å². The topological polar surface area (TPSA) is 29.1 Å². The maximum atomic E-state index is 13.1. The number of rotatable bonds is 10. The van der Waals surface area contributed by atoms with E-state index >= 15 is 0 Å². The standard InChI is InChI=1S/C25H29NOS/c1-2-3-4-14-21-28(27)26-25(22-15-8-5-9-16-22,23-17-10-6-11-18-23)24-19-12-7-13-20-24/h5-13,15-20,26H,2-4,14,21H2,1H3. The molecule has 146 valence electrons. The van der Waals surface area contributed by atoms with E-state index in [1.165, 1.54) is 12.8 Å². The molecule has 0 saturated heterocycles. The van der Waals surface area contributed by atoms with Gasteiger partial charge in [0.25, 0.3) is 0 Å². The Morgan fingerprint density at radius 2 is 1.11 bits per heavy atom. The van der Waals surface area contributed by atoms with Crippen LogP contribution in [0.15, 0.2) is 91.0 Å². The van der Waals surface area contributed by atoms with Crippen LogP contribution < -0.4 is 4.72 Å². The fraction of sp³-hybridized carbons (Fsp3) is 0.280. The molecule has 0 heterocycles. The second kappa shape index (κ2) is 10.4. The van der Waals surface area contributed by atoms with Gasteiger partial charge >= 0.3 is 0 Å². The highest BCUT2D eigenvalue weighted by atomic mass is 32.2. The molecule has 0 fully saturated rings. The Morgan fingerprint density at radius 1 is 0.679 bits per heavy atom. The van der Waals surface area contributed by atoms with E-state index in [0.717, 1.165) is 29.5 Å². The Balaban J connectivity index is 2.05. The molecule has 3 aromatic rings. The number of benzene rings is 3. The maximum Gasteiger partial charge on any atom is 0.106 e. The molecule has 0 amide bonds. The van der Waals surface area contributed by atoms with E-state index < -0.39 is 16.5 Å². The van der Waals surface area contributed by atoms with Gasteiger partial charge < -0.3 is 0 Å². The molecule has 1 unspecified atom stereocenters. The highest BCUT2D eigenvalue weighted by Gasteiger charge is 2.37. The Kier molecular flexibility index (Phi) is 7.58. The molecule has 3 heteroatoms. The molecule has 0 aromatic heterocycles. The highest BCUT2D eigenvalue weighted by Crippen LogP contribution is 2.37. The zero-order chi connectivity index (χ0) is 19.7. The summed E-state index contributed by atoms with van der Waals surface area (Å²) in [5.41, 5.74) is 2.62. The molecule has 0 radical (unpaired) electrons.